The van der Waals surface area contributed by atoms with Gasteiger partial charge >= 0.3 is 11.9 Å². The van der Waals surface area contributed by atoms with Crippen molar-refractivity contribution >= 4 is 34.6 Å². The molecule has 0 radical (unpaired) electrons. The number of amides is 1. The molecule has 0 saturated heterocycles. The Bertz CT molecular complexity index is 1370. The molecule has 0 aliphatic heterocycles. The minimum Gasteiger partial charge on any atom is -0.462 e. The van der Waals surface area contributed by atoms with Crippen molar-refractivity contribution in [2.45, 2.75) is 26.9 Å². The van der Waals surface area contributed by atoms with E-state index in [1.54, 1.807) is 49.4 Å². The van der Waals surface area contributed by atoms with Crippen LogP contribution in [0.2, 0.25) is 0 Å². The van der Waals surface area contributed by atoms with Gasteiger partial charge in [-0.1, -0.05) is 29.8 Å². The van der Waals surface area contributed by atoms with Crippen LogP contribution in [0.15, 0.2) is 66.7 Å². The van der Waals surface area contributed by atoms with Gasteiger partial charge in [-0.05, 0) is 63.2 Å². The number of ether oxygens (including phenoxy) is 2. The van der Waals surface area contributed by atoms with Crippen molar-refractivity contribution in [2.24, 2.45) is 0 Å². The normalized spacial score (nSPS) is 11.6. The third-order valence-electron chi connectivity index (χ3n) is 5.36. The lowest BCUT2D eigenvalue weighted by molar-refractivity contribution is -0.123. The predicted molar refractivity (Wildman–Crippen MR) is 132 cm³/mol. The summed E-state index contributed by atoms with van der Waals surface area (Å²) in [5, 5.41) is 2.67. The number of nitrogens with zero attached hydrogens (tertiary/aromatic N) is 1. The number of aromatic amines is 1. The molecule has 0 spiro atoms. The second kappa shape index (κ2) is 10.2. The largest absolute Gasteiger partial charge is 0.462 e. The molecule has 1 atom stereocenters. The summed E-state index contributed by atoms with van der Waals surface area (Å²) in [4.78, 5) is 44.7. The van der Waals surface area contributed by atoms with E-state index in [-0.39, 0.29) is 6.61 Å². The molecule has 8 nitrogen and oxygen atoms in total. The molecule has 0 aliphatic carbocycles. The van der Waals surface area contributed by atoms with Crippen LogP contribution in [0.3, 0.4) is 0 Å². The van der Waals surface area contributed by atoms with Gasteiger partial charge in [0, 0.05) is 11.3 Å². The number of benzene rings is 3. The summed E-state index contributed by atoms with van der Waals surface area (Å²) >= 11 is 0. The fourth-order valence-corrected chi connectivity index (χ4v) is 3.41. The standard InChI is InChI=1S/C27H25N3O5/c1-4-34-26(32)19-9-12-21(13-10-19)28-25(31)17(3)35-27(33)20-11-14-22-23(15-20)30-24(29-22)18-7-5-16(2)6-8-18/h5-15,17H,4H2,1-3H3,(H,28,31)(H,29,30). The summed E-state index contributed by atoms with van der Waals surface area (Å²) in [5.41, 5.74) is 4.65. The molecule has 0 aliphatic rings. The van der Waals surface area contributed by atoms with Gasteiger partial charge in [0.1, 0.15) is 5.82 Å². The number of hydrogen-bond acceptors (Lipinski definition) is 6. The number of carbonyl (C=O) groups is 3. The van der Waals surface area contributed by atoms with Gasteiger partial charge in [0.15, 0.2) is 6.10 Å². The Kier molecular flexibility index (Phi) is 6.91. The Balaban J connectivity index is 1.40. The lowest BCUT2D eigenvalue weighted by atomic mass is 10.1. The number of carbonyl (C=O) groups excluding carboxylic acids is 3. The number of aromatic nitrogens is 2. The van der Waals surface area contributed by atoms with Crippen LogP contribution >= 0.6 is 0 Å². The highest BCUT2D eigenvalue weighted by Crippen LogP contribution is 2.22. The number of nitrogens with one attached hydrogen (secondary N) is 2. The van der Waals surface area contributed by atoms with Crippen LogP contribution in [0.25, 0.3) is 22.4 Å². The molecule has 1 unspecified atom stereocenters. The zero-order chi connectivity index (χ0) is 24.9. The maximum Gasteiger partial charge on any atom is 0.338 e. The van der Waals surface area contributed by atoms with Gasteiger partial charge in [-0.25, -0.2) is 14.6 Å². The van der Waals surface area contributed by atoms with Crippen LogP contribution < -0.4 is 5.32 Å². The van der Waals surface area contributed by atoms with Crippen molar-refractivity contribution in [3.63, 3.8) is 0 Å². The highest BCUT2D eigenvalue weighted by atomic mass is 16.5. The summed E-state index contributed by atoms with van der Waals surface area (Å²) in [5.74, 6) is -0.856. The van der Waals surface area contributed by atoms with E-state index in [2.05, 4.69) is 15.3 Å². The van der Waals surface area contributed by atoms with Crippen molar-refractivity contribution in [1.82, 2.24) is 9.97 Å². The third kappa shape index (κ3) is 5.55. The number of anilines is 1. The first-order valence-electron chi connectivity index (χ1n) is 11.2. The maximum absolute atomic E-state index is 12.7. The highest BCUT2D eigenvalue weighted by molar-refractivity contribution is 5.99. The molecule has 1 amide bonds. The quantitative estimate of drug-likeness (QED) is 0.371. The molecule has 0 bridgehead atoms. The van der Waals surface area contributed by atoms with Gasteiger partial charge in [-0.3, -0.25) is 4.79 Å². The Hall–Kier alpha value is -4.46. The van der Waals surface area contributed by atoms with Crippen LogP contribution in [0.4, 0.5) is 5.69 Å². The number of esters is 2. The second-order valence-corrected chi connectivity index (χ2v) is 8.02. The average molecular weight is 472 g/mol. The van der Waals surface area contributed by atoms with E-state index in [0.717, 1.165) is 11.1 Å². The summed E-state index contributed by atoms with van der Waals surface area (Å²) < 4.78 is 10.3. The van der Waals surface area contributed by atoms with E-state index in [9.17, 15) is 14.4 Å². The van der Waals surface area contributed by atoms with Gasteiger partial charge in [-0.15, -0.1) is 0 Å². The smallest absolute Gasteiger partial charge is 0.338 e. The predicted octanol–water partition coefficient (Wildman–Crippen LogP) is 4.90. The van der Waals surface area contributed by atoms with Gasteiger partial charge in [0.25, 0.3) is 5.91 Å². The molecule has 8 heteroatoms. The average Bonchev–Trinajstić information content (AvgIpc) is 3.28. The molecule has 35 heavy (non-hydrogen) atoms. The number of H-pyrrole nitrogens is 1. The Labute approximate surface area is 202 Å². The molecule has 0 saturated carbocycles. The van der Waals surface area contributed by atoms with E-state index >= 15 is 0 Å². The van der Waals surface area contributed by atoms with E-state index in [4.69, 9.17) is 9.47 Å². The lowest BCUT2D eigenvalue weighted by Crippen LogP contribution is -2.30. The molecule has 2 N–H and O–H groups in total. The Morgan fingerprint density at radius 1 is 0.943 bits per heavy atom. The summed E-state index contributed by atoms with van der Waals surface area (Å²) in [6.45, 7) is 5.51. The fourth-order valence-electron chi connectivity index (χ4n) is 3.41. The third-order valence-corrected chi connectivity index (χ3v) is 5.36. The molecule has 178 valence electrons. The molecule has 1 heterocycles. The first kappa shape index (κ1) is 23.7. The number of hydrogen-bond donors (Lipinski definition) is 2. The first-order chi connectivity index (χ1) is 16.8. The van der Waals surface area contributed by atoms with Crippen molar-refractivity contribution in [2.75, 3.05) is 11.9 Å². The van der Waals surface area contributed by atoms with Crippen LogP contribution in [0.1, 0.15) is 40.1 Å². The highest BCUT2D eigenvalue weighted by Gasteiger charge is 2.20. The monoisotopic (exact) mass is 471 g/mol. The van der Waals surface area contributed by atoms with Crippen molar-refractivity contribution in [3.8, 4) is 11.4 Å². The van der Waals surface area contributed by atoms with Gasteiger partial charge in [0.2, 0.25) is 0 Å². The van der Waals surface area contributed by atoms with Crippen molar-refractivity contribution in [1.29, 1.82) is 0 Å². The van der Waals surface area contributed by atoms with E-state index in [0.29, 0.717) is 33.7 Å². The molecular formula is C27H25N3O5. The molecular weight excluding hydrogens is 446 g/mol. The zero-order valence-corrected chi connectivity index (χ0v) is 19.6. The number of aryl methyl sites for hydroxylation is 1. The van der Waals surface area contributed by atoms with Gasteiger partial charge in [-0.2, -0.15) is 0 Å². The van der Waals surface area contributed by atoms with E-state index < -0.39 is 23.9 Å². The summed E-state index contributed by atoms with van der Waals surface area (Å²) in [6, 6.07) is 19.2. The number of fused-ring (bicyclic) bond motifs is 1. The van der Waals surface area contributed by atoms with Gasteiger partial charge < -0.3 is 19.8 Å². The van der Waals surface area contributed by atoms with Crippen molar-refractivity contribution < 1.29 is 23.9 Å². The Morgan fingerprint density at radius 2 is 1.63 bits per heavy atom. The van der Waals surface area contributed by atoms with Crippen LogP contribution in [0, 0.1) is 6.92 Å². The first-order valence-corrected chi connectivity index (χ1v) is 11.2. The fraction of sp³-hybridized carbons (Fsp3) is 0.185. The van der Waals surface area contributed by atoms with Crippen LogP contribution in [-0.4, -0.2) is 40.5 Å². The summed E-state index contributed by atoms with van der Waals surface area (Å²) in [6.07, 6.45) is -1.03. The SMILES string of the molecule is CCOC(=O)c1ccc(NC(=O)C(C)OC(=O)c2ccc3nc(-c4ccc(C)cc4)[nH]c3c2)cc1. The molecule has 4 rings (SSSR count). The Morgan fingerprint density at radius 3 is 2.31 bits per heavy atom. The maximum atomic E-state index is 12.7. The number of rotatable bonds is 7. The van der Waals surface area contributed by atoms with Crippen LogP contribution in [-0.2, 0) is 14.3 Å². The van der Waals surface area contributed by atoms with E-state index in [1.165, 1.54) is 6.92 Å². The summed E-state index contributed by atoms with van der Waals surface area (Å²) in [7, 11) is 0. The second-order valence-electron chi connectivity index (χ2n) is 8.02. The minimum absolute atomic E-state index is 0.279. The van der Waals surface area contributed by atoms with E-state index in [1.807, 2.05) is 31.2 Å². The van der Waals surface area contributed by atoms with Crippen molar-refractivity contribution in [3.05, 3.63) is 83.4 Å². The number of imidazole rings is 1. The van der Waals surface area contributed by atoms with Gasteiger partial charge in [0.05, 0.1) is 28.8 Å². The minimum atomic E-state index is -1.03. The molecule has 1 aromatic heterocycles. The lowest BCUT2D eigenvalue weighted by Gasteiger charge is -2.14. The van der Waals surface area contributed by atoms with Crippen LogP contribution in [0.5, 0.6) is 0 Å². The molecule has 4 aromatic rings. The molecule has 0 fully saturated rings. The molecule has 3 aromatic carbocycles. The topological polar surface area (TPSA) is 110 Å². The zero-order valence-electron chi connectivity index (χ0n) is 19.6.